The molecule has 3 rings (SSSR count). The number of benzene rings is 2. The van der Waals surface area contributed by atoms with Crippen LogP contribution in [0.25, 0.3) is 10.9 Å². The topological polar surface area (TPSA) is 82.7 Å². The summed E-state index contributed by atoms with van der Waals surface area (Å²) in [5.41, 5.74) is 2.89. The first kappa shape index (κ1) is 16.9. The predicted octanol–water partition coefficient (Wildman–Crippen LogP) is 3.85. The molecule has 0 unspecified atom stereocenters. The van der Waals surface area contributed by atoms with Crippen LogP contribution in [0.4, 0.5) is 0 Å². The molecule has 25 heavy (non-hydrogen) atoms. The van der Waals surface area contributed by atoms with E-state index in [1.165, 1.54) is 0 Å². The van der Waals surface area contributed by atoms with Gasteiger partial charge in [-0.2, -0.15) is 0 Å². The van der Waals surface area contributed by atoms with E-state index in [-0.39, 0.29) is 23.8 Å². The van der Waals surface area contributed by atoms with Crippen molar-refractivity contribution in [1.29, 1.82) is 0 Å². The van der Waals surface area contributed by atoms with Crippen LogP contribution >= 0.6 is 0 Å². The largest absolute Gasteiger partial charge is 0.508 e. The fraction of sp³-hybridized carbons (Fsp3) is 0.250. The zero-order valence-corrected chi connectivity index (χ0v) is 14.2. The van der Waals surface area contributed by atoms with E-state index in [9.17, 15) is 20.1 Å². The van der Waals surface area contributed by atoms with Crippen LogP contribution in [0.15, 0.2) is 42.5 Å². The molecule has 0 radical (unpaired) electrons. The Morgan fingerprint density at radius 2 is 1.72 bits per heavy atom. The van der Waals surface area contributed by atoms with Gasteiger partial charge in [0.2, 0.25) is 0 Å². The van der Waals surface area contributed by atoms with E-state index in [4.69, 9.17) is 0 Å². The summed E-state index contributed by atoms with van der Waals surface area (Å²) >= 11 is 0. The fourth-order valence-electron chi connectivity index (χ4n) is 3.46. The Balaban J connectivity index is 2.30. The Morgan fingerprint density at radius 3 is 2.36 bits per heavy atom. The second-order valence-electron chi connectivity index (χ2n) is 6.48. The number of aromatic nitrogens is 1. The lowest BCUT2D eigenvalue weighted by Gasteiger charge is -2.16. The Kier molecular flexibility index (Phi) is 4.40. The van der Waals surface area contributed by atoms with Gasteiger partial charge in [0.25, 0.3) is 0 Å². The predicted molar refractivity (Wildman–Crippen MR) is 96.2 cm³/mol. The van der Waals surface area contributed by atoms with E-state index < -0.39 is 5.97 Å². The lowest BCUT2D eigenvalue weighted by atomic mass is 10.0. The molecule has 0 fully saturated rings. The van der Waals surface area contributed by atoms with E-state index in [0.717, 1.165) is 11.1 Å². The van der Waals surface area contributed by atoms with Crippen molar-refractivity contribution >= 4 is 16.9 Å². The van der Waals surface area contributed by atoms with E-state index in [2.05, 4.69) is 0 Å². The Labute approximate surface area is 145 Å². The van der Waals surface area contributed by atoms with Crippen LogP contribution in [0.1, 0.15) is 36.6 Å². The summed E-state index contributed by atoms with van der Waals surface area (Å²) in [5.74, 6) is -0.570. The zero-order chi connectivity index (χ0) is 18.1. The Hall–Kier alpha value is -2.95. The van der Waals surface area contributed by atoms with Crippen LogP contribution < -0.4 is 0 Å². The van der Waals surface area contributed by atoms with Crippen LogP contribution in [0.2, 0.25) is 0 Å². The number of phenolic OH excluding ortho intramolecular Hbond substituents is 2. The summed E-state index contributed by atoms with van der Waals surface area (Å²) in [5, 5.41) is 30.6. The van der Waals surface area contributed by atoms with Gasteiger partial charge in [-0.05, 0) is 23.6 Å². The Bertz CT molecular complexity index is 940. The average Bonchev–Trinajstić information content (AvgIpc) is 2.84. The van der Waals surface area contributed by atoms with Gasteiger partial charge in [0.1, 0.15) is 11.5 Å². The maximum atomic E-state index is 11.4. The van der Waals surface area contributed by atoms with Crippen molar-refractivity contribution in [2.45, 2.75) is 32.7 Å². The first-order valence-electron chi connectivity index (χ1n) is 8.21. The molecule has 3 aromatic rings. The number of carboxylic acid groups (broad SMARTS) is 1. The van der Waals surface area contributed by atoms with Crippen LogP contribution in [-0.2, 0) is 17.8 Å². The number of aliphatic carboxylic acids is 1. The molecule has 5 nitrogen and oxygen atoms in total. The Morgan fingerprint density at radius 1 is 1.04 bits per heavy atom. The molecule has 0 saturated heterocycles. The molecule has 0 atom stereocenters. The quantitative estimate of drug-likeness (QED) is 0.659. The van der Waals surface area contributed by atoms with Crippen molar-refractivity contribution in [3.8, 4) is 11.5 Å². The van der Waals surface area contributed by atoms with E-state index in [1.54, 1.807) is 24.3 Å². The molecule has 0 aliphatic heterocycles. The second kappa shape index (κ2) is 6.51. The van der Waals surface area contributed by atoms with Crippen molar-refractivity contribution < 1.29 is 20.1 Å². The first-order chi connectivity index (χ1) is 11.9. The van der Waals surface area contributed by atoms with Crippen molar-refractivity contribution in [3.63, 3.8) is 0 Å². The fourth-order valence-corrected chi connectivity index (χ4v) is 3.46. The van der Waals surface area contributed by atoms with Crippen molar-refractivity contribution in [2.24, 2.45) is 0 Å². The monoisotopic (exact) mass is 339 g/mol. The standard InChI is InChI=1S/C20H21NO4/c1-12(2)19-15(10-18(24)25)14-7-5-9-17(23)20(14)21(19)11-13-6-3-4-8-16(13)22/h3-9,12,22-23H,10-11H2,1-2H3,(H,24,25). The third kappa shape index (κ3) is 3.05. The van der Waals surface area contributed by atoms with Crippen LogP contribution in [0, 0.1) is 0 Å². The highest BCUT2D eigenvalue weighted by atomic mass is 16.4. The van der Waals surface area contributed by atoms with Gasteiger partial charge in [0, 0.05) is 16.6 Å². The van der Waals surface area contributed by atoms with Gasteiger partial charge < -0.3 is 19.9 Å². The van der Waals surface area contributed by atoms with Crippen LogP contribution in [-0.4, -0.2) is 25.9 Å². The number of hydrogen-bond donors (Lipinski definition) is 3. The number of aromatic hydroxyl groups is 2. The van der Waals surface area contributed by atoms with Gasteiger partial charge in [-0.1, -0.05) is 44.2 Å². The van der Waals surface area contributed by atoms with Crippen LogP contribution in [0.3, 0.4) is 0 Å². The molecule has 130 valence electrons. The SMILES string of the molecule is CC(C)c1c(CC(=O)O)c2cccc(O)c2n1Cc1ccccc1O. The third-order valence-corrected chi connectivity index (χ3v) is 4.40. The summed E-state index contributed by atoms with van der Waals surface area (Å²) in [7, 11) is 0. The van der Waals surface area contributed by atoms with Gasteiger partial charge >= 0.3 is 5.97 Å². The number of hydrogen-bond acceptors (Lipinski definition) is 3. The molecule has 0 amide bonds. The van der Waals surface area contributed by atoms with Crippen LogP contribution in [0.5, 0.6) is 11.5 Å². The van der Waals surface area contributed by atoms with Crippen molar-refractivity contribution in [2.75, 3.05) is 0 Å². The molecule has 1 aromatic heterocycles. The van der Waals surface area contributed by atoms with E-state index in [0.29, 0.717) is 23.2 Å². The van der Waals surface area contributed by atoms with Gasteiger partial charge in [0.05, 0.1) is 18.5 Å². The summed E-state index contributed by atoms with van der Waals surface area (Å²) in [6.07, 6.45) is -0.110. The summed E-state index contributed by atoms with van der Waals surface area (Å²) in [6.45, 7) is 4.35. The van der Waals surface area contributed by atoms with Gasteiger partial charge in [-0.3, -0.25) is 4.79 Å². The molecular formula is C20H21NO4. The molecule has 3 N–H and O–H groups in total. The number of fused-ring (bicyclic) bond motifs is 1. The number of para-hydroxylation sites is 2. The second-order valence-corrected chi connectivity index (χ2v) is 6.48. The molecule has 0 saturated carbocycles. The molecule has 0 bridgehead atoms. The minimum Gasteiger partial charge on any atom is -0.508 e. The van der Waals surface area contributed by atoms with Crippen molar-refractivity contribution in [3.05, 3.63) is 59.3 Å². The van der Waals surface area contributed by atoms with Gasteiger partial charge in [0.15, 0.2) is 0 Å². The molecule has 2 aromatic carbocycles. The third-order valence-electron chi connectivity index (χ3n) is 4.40. The first-order valence-corrected chi connectivity index (χ1v) is 8.21. The molecule has 1 heterocycles. The minimum absolute atomic E-state index is 0.0620. The maximum Gasteiger partial charge on any atom is 0.307 e. The zero-order valence-electron chi connectivity index (χ0n) is 14.2. The average molecular weight is 339 g/mol. The number of carbonyl (C=O) groups is 1. The maximum absolute atomic E-state index is 11.4. The van der Waals surface area contributed by atoms with Gasteiger partial charge in [-0.25, -0.2) is 0 Å². The summed E-state index contributed by atoms with van der Waals surface area (Å²) in [4.78, 5) is 11.4. The highest BCUT2D eigenvalue weighted by Gasteiger charge is 2.23. The number of phenols is 2. The van der Waals surface area contributed by atoms with Crippen molar-refractivity contribution in [1.82, 2.24) is 4.57 Å². The minimum atomic E-state index is -0.910. The highest BCUT2D eigenvalue weighted by molar-refractivity contribution is 5.93. The van der Waals surface area contributed by atoms with E-state index >= 15 is 0 Å². The highest BCUT2D eigenvalue weighted by Crippen LogP contribution is 2.37. The molecule has 0 spiro atoms. The lowest BCUT2D eigenvalue weighted by molar-refractivity contribution is -0.136. The summed E-state index contributed by atoms with van der Waals surface area (Å²) in [6, 6.07) is 12.2. The number of nitrogens with zero attached hydrogens (tertiary/aromatic N) is 1. The molecular weight excluding hydrogens is 318 g/mol. The normalized spacial score (nSPS) is 11.3. The summed E-state index contributed by atoms with van der Waals surface area (Å²) < 4.78 is 1.92. The molecule has 0 aliphatic rings. The number of carboxylic acids is 1. The molecule has 0 aliphatic carbocycles. The number of rotatable bonds is 5. The molecule has 5 heteroatoms. The lowest BCUT2D eigenvalue weighted by Crippen LogP contribution is -2.09. The van der Waals surface area contributed by atoms with Gasteiger partial charge in [-0.15, -0.1) is 0 Å². The van der Waals surface area contributed by atoms with E-state index in [1.807, 2.05) is 36.6 Å². The smallest absolute Gasteiger partial charge is 0.307 e.